The molecule has 1 aromatic rings. The Morgan fingerprint density at radius 2 is 1.75 bits per heavy atom. The molecule has 1 amide bonds. The molecule has 0 aromatic heterocycles. The molecule has 1 aliphatic heterocycles. The molecular weight excluding hydrogens is 248 g/mol. The van der Waals surface area contributed by atoms with Gasteiger partial charge in [-0.3, -0.25) is 4.79 Å². The van der Waals surface area contributed by atoms with Crippen LogP contribution in [-0.2, 0) is 0 Å². The molecule has 3 nitrogen and oxygen atoms in total. The SMILES string of the molecule is Cc1cc(C)cc(C(=O)NCCCCN2CCCC2)c1. The lowest BCUT2D eigenvalue weighted by atomic mass is 10.1. The molecule has 0 unspecified atom stereocenters. The van der Waals surface area contributed by atoms with Crippen LogP contribution < -0.4 is 5.32 Å². The Balaban J connectivity index is 1.66. The number of amides is 1. The Morgan fingerprint density at radius 3 is 2.40 bits per heavy atom. The highest BCUT2D eigenvalue weighted by molar-refractivity contribution is 5.94. The number of unbranched alkanes of at least 4 members (excludes halogenated alkanes) is 1. The van der Waals surface area contributed by atoms with E-state index in [1.165, 1.54) is 38.9 Å². The minimum absolute atomic E-state index is 0.0537. The lowest BCUT2D eigenvalue weighted by Crippen LogP contribution is -2.26. The van der Waals surface area contributed by atoms with Crippen LogP contribution in [0.3, 0.4) is 0 Å². The summed E-state index contributed by atoms with van der Waals surface area (Å²) in [6.07, 6.45) is 4.94. The van der Waals surface area contributed by atoms with Crippen LogP contribution in [0.5, 0.6) is 0 Å². The molecule has 110 valence electrons. The maximum absolute atomic E-state index is 12.0. The summed E-state index contributed by atoms with van der Waals surface area (Å²) in [4.78, 5) is 14.6. The highest BCUT2D eigenvalue weighted by Crippen LogP contribution is 2.09. The highest BCUT2D eigenvalue weighted by Gasteiger charge is 2.10. The highest BCUT2D eigenvalue weighted by atomic mass is 16.1. The number of benzene rings is 1. The number of aryl methyl sites for hydroxylation is 2. The van der Waals surface area contributed by atoms with Crippen LogP contribution in [0.1, 0.15) is 47.2 Å². The molecule has 1 saturated heterocycles. The minimum Gasteiger partial charge on any atom is -0.352 e. The van der Waals surface area contributed by atoms with Gasteiger partial charge in [-0.2, -0.15) is 0 Å². The Bertz CT molecular complexity index is 430. The van der Waals surface area contributed by atoms with Gasteiger partial charge in [0.15, 0.2) is 0 Å². The van der Waals surface area contributed by atoms with Crippen LogP contribution >= 0.6 is 0 Å². The molecule has 0 atom stereocenters. The summed E-state index contributed by atoms with van der Waals surface area (Å²) in [6.45, 7) is 8.53. The molecule has 1 aromatic carbocycles. The summed E-state index contributed by atoms with van der Waals surface area (Å²) in [7, 11) is 0. The molecule has 0 bridgehead atoms. The second kappa shape index (κ2) is 7.44. The van der Waals surface area contributed by atoms with Crippen molar-refractivity contribution in [1.29, 1.82) is 0 Å². The van der Waals surface area contributed by atoms with E-state index in [-0.39, 0.29) is 5.91 Å². The van der Waals surface area contributed by atoms with E-state index < -0.39 is 0 Å². The third-order valence-corrected chi connectivity index (χ3v) is 3.87. The summed E-state index contributed by atoms with van der Waals surface area (Å²) < 4.78 is 0. The number of likely N-dealkylation sites (tertiary alicyclic amines) is 1. The Labute approximate surface area is 122 Å². The van der Waals surface area contributed by atoms with Gasteiger partial charge in [0.2, 0.25) is 0 Å². The van der Waals surface area contributed by atoms with Crippen molar-refractivity contribution in [1.82, 2.24) is 10.2 Å². The summed E-state index contributed by atoms with van der Waals surface area (Å²) in [5.74, 6) is 0.0537. The summed E-state index contributed by atoms with van der Waals surface area (Å²) >= 11 is 0. The van der Waals surface area contributed by atoms with Gasteiger partial charge >= 0.3 is 0 Å². The summed E-state index contributed by atoms with van der Waals surface area (Å²) in [5, 5.41) is 3.02. The smallest absolute Gasteiger partial charge is 0.251 e. The molecule has 20 heavy (non-hydrogen) atoms. The molecule has 1 aliphatic rings. The Morgan fingerprint density at radius 1 is 1.10 bits per heavy atom. The van der Waals surface area contributed by atoms with E-state index in [0.29, 0.717) is 0 Å². The molecule has 2 rings (SSSR count). The maximum atomic E-state index is 12.0. The molecular formula is C17H26N2O. The van der Waals surface area contributed by atoms with Gasteiger partial charge in [-0.1, -0.05) is 17.2 Å². The van der Waals surface area contributed by atoms with E-state index in [2.05, 4.69) is 16.3 Å². The normalized spacial score (nSPS) is 15.5. The monoisotopic (exact) mass is 274 g/mol. The summed E-state index contributed by atoms with van der Waals surface area (Å²) in [5.41, 5.74) is 3.07. The first-order valence-electron chi connectivity index (χ1n) is 7.74. The fraction of sp³-hybridized carbons (Fsp3) is 0.588. The maximum Gasteiger partial charge on any atom is 0.251 e. The number of hydrogen-bond donors (Lipinski definition) is 1. The van der Waals surface area contributed by atoms with Crippen molar-refractivity contribution in [3.8, 4) is 0 Å². The van der Waals surface area contributed by atoms with Crippen LogP contribution in [0.4, 0.5) is 0 Å². The topological polar surface area (TPSA) is 32.3 Å². The largest absolute Gasteiger partial charge is 0.352 e. The Hall–Kier alpha value is -1.35. The van der Waals surface area contributed by atoms with Crippen molar-refractivity contribution >= 4 is 5.91 Å². The van der Waals surface area contributed by atoms with Gasteiger partial charge in [0.1, 0.15) is 0 Å². The first-order valence-corrected chi connectivity index (χ1v) is 7.74. The third kappa shape index (κ3) is 4.64. The van der Waals surface area contributed by atoms with E-state index >= 15 is 0 Å². The van der Waals surface area contributed by atoms with Gasteiger partial charge in [0.05, 0.1) is 0 Å². The molecule has 0 spiro atoms. The van der Waals surface area contributed by atoms with Gasteiger partial charge in [-0.15, -0.1) is 0 Å². The van der Waals surface area contributed by atoms with Crippen molar-refractivity contribution < 1.29 is 4.79 Å². The zero-order valence-electron chi connectivity index (χ0n) is 12.7. The van der Waals surface area contributed by atoms with Crippen molar-refractivity contribution in [2.24, 2.45) is 0 Å². The predicted molar refractivity (Wildman–Crippen MR) is 83.2 cm³/mol. The minimum atomic E-state index is 0.0537. The number of hydrogen-bond acceptors (Lipinski definition) is 2. The number of carbonyl (C=O) groups excluding carboxylic acids is 1. The fourth-order valence-corrected chi connectivity index (χ4v) is 2.88. The van der Waals surface area contributed by atoms with Crippen LogP contribution in [-0.4, -0.2) is 37.0 Å². The van der Waals surface area contributed by atoms with Crippen molar-refractivity contribution in [2.75, 3.05) is 26.2 Å². The van der Waals surface area contributed by atoms with Crippen LogP contribution in [0.15, 0.2) is 18.2 Å². The van der Waals surface area contributed by atoms with Crippen molar-refractivity contribution in [2.45, 2.75) is 39.5 Å². The zero-order chi connectivity index (χ0) is 14.4. The number of nitrogens with one attached hydrogen (secondary N) is 1. The molecule has 3 heteroatoms. The molecule has 1 heterocycles. The van der Waals surface area contributed by atoms with Crippen LogP contribution in [0.2, 0.25) is 0 Å². The summed E-state index contributed by atoms with van der Waals surface area (Å²) in [6, 6.07) is 5.99. The van der Waals surface area contributed by atoms with Crippen LogP contribution in [0, 0.1) is 13.8 Å². The van der Waals surface area contributed by atoms with Gasteiger partial charge in [0, 0.05) is 12.1 Å². The van der Waals surface area contributed by atoms with E-state index in [1.807, 2.05) is 26.0 Å². The average Bonchev–Trinajstić information content (AvgIpc) is 2.90. The van der Waals surface area contributed by atoms with Gasteiger partial charge in [-0.25, -0.2) is 0 Å². The first-order chi connectivity index (χ1) is 9.65. The van der Waals surface area contributed by atoms with Crippen molar-refractivity contribution in [3.63, 3.8) is 0 Å². The second-order valence-corrected chi connectivity index (χ2v) is 5.89. The lowest BCUT2D eigenvalue weighted by Gasteiger charge is -2.14. The molecule has 0 radical (unpaired) electrons. The molecule has 0 aliphatic carbocycles. The van der Waals surface area contributed by atoms with Crippen molar-refractivity contribution in [3.05, 3.63) is 34.9 Å². The molecule has 0 saturated carbocycles. The standard InChI is InChI=1S/C17H26N2O/c1-14-11-15(2)13-16(12-14)17(20)18-7-3-4-8-19-9-5-6-10-19/h11-13H,3-10H2,1-2H3,(H,18,20). The Kier molecular flexibility index (Phi) is 5.60. The lowest BCUT2D eigenvalue weighted by molar-refractivity contribution is 0.0952. The van der Waals surface area contributed by atoms with Gasteiger partial charge < -0.3 is 10.2 Å². The van der Waals surface area contributed by atoms with Gasteiger partial charge in [0.25, 0.3) is 5.91 Å². The predicted octanol–water partition coefficient (Wildman–Crippen LogP) is 2.91. The third-order valence-electron chi connectivity index (χ3n) is 3.87. The molecule has 1 N–H and O–H groups in total. The number of rotatable bonds is 6. The van der Waals surface area contributed by atoms with E-state index in [9.17, 15) is 4.79 Å². The molecule has 1 fully saturated rings. The number of nitrogens with zero attached hydrogens (tertiary/aromatic N) is 1. The van der Waals surface area contributed by atoms with E-state index in [1.54, 1.807) is 0 Å². The van der Waals surface area contributed by atoms with E-state index in [0.717, 1.165) is 29.7 Å². The zero-order valence-corrected chi connectivity index (χ0v) is 12.7. The average molecular weight is 274 g/mol. The second-order valence-electron chi connectivity index (χ2n) is 5.89. The van der Waals surface area contributed by atoms with E-state index in [4.69, 9.17) is 0 Å². The first kappa shape index (κ1) is 15.0. The van der Waals surface area contributed by atoms with Gasteiger partial charge in [-0.05, 0) is 71.3 Å². The quantitative estimate of drug-likeness (QED) is 0.809. The number of carbonyl (C=O) groups is 1. The fourth-order valence-electron chi connectivity index (χ4n) is 2.88. The van der Waals surface area contributed by atoms with Crippen LogP contribution in [0.25, 0.3) is 0 Å².